The van der Waals surface area contributed by atoms with Crippen LogP contribution in [0.4, 0.5) is 0 Å². The van der Waals surface area contributed by atoms with Crippen LogP contribution < -0.4 is 5.84 Å². The molecule has 0 radical (unpaired) electrons. The summed E-state index contributed by atoms with van der Waals surface area (Å²) in [5, 5.41) is 11.1. The molecule has 1 amide bonds. The van der Waals surface area contributed by atoms with E-state index in [4.69, 9.17) is 5.84 Å². The molecule has 2 aromatic rings. The Bertz CT molecular complexity index is 664. The molecular weight excluding hydrogens is 342 g/mol. The van der Waals surface area contributed by atoms with Crippen LogP contribution in [-0.4, -0.2) is 38.5 Å². The highest BCUT2D eigenvalue weighted by atomic mass is 32.2. The van der Waals surface area contributed by atoms with Crippen LogP contribution in [0.15, 0.2) is 22.7 Å². The number of carbonyl (C=O) groups excluding carboxylic acids is 1. The minimum atomic E-state index is 0.0654. The molecule has 0 spiro atoms. The number of hydrogen-bond donors (Lipinski definition) is 1. The van der Waals surface area contributed by atoms with Crippen molar-refractivity contribution in [1.82, 2.24) is 19.8 Å². The highest BCUT2D eigenvalue weighted by Gasteiger charge is 2.23. The Morgan fingerprint density at radius 1 is 1.42 bits per heavy atom. The van der Waals surface area contributed by atoms with Crippen molar-refractivity contribution in [2.24, 2.45) is 0 Å². The molecule has 2 N–H and O–H groups in total. The number of aromatic nitrogens is 3. The van der Waals surface area contributed by atoms with Gasteiger partial charge in [-0.25, -0.2) is 4.68 Å². The van der Waals surface area contributed by atoms with Crippen molar-refractivity contribution in [1.29, 1.82) is 0 Å². The van der Waals surface area contributed by atoms with Crippen LogP contribution in [0.25, 0.3) is 0 Å². The van der Waals surface area contributed by atoms with Gasteiger partial charge < -0.3 is 10.7 Å². The Kier molecular flexibility index (Phi) is 5.78. The lowest BCUT2D eigenvalue weighted by atomic mass is 9.89. The van der Waals surface area contributed by atoms with Gasteiger partial charge in [-0.1, -0.05) is 37.1 Å². The molecule has 6 nitrogen and oxygen atoms in total. The first-order valence-corrected chi connectivity index (χ1v) is 10.1. The normalized spacial score (nSPS) is 15.5. The van der Waals surface area contributed by atoms with Crippen molar-refractivity contribution in [3.8, 4) is 0 Å². The van der Waals surface area contributed by atoms with Gasteiger partial charge >= 0.3 is 0 Å². The summed E-state index contributed by atoms with van der Waals surface area (Å²) in [6.45, 7) is 0.639. The third-order valence-corrected chi connectivity index (χ3v) is 6.17. The van der Waals surface area contributed by atoms with E-state index < -0.39 is 0 Å². The largest absolute Gasteiger partial charge is 0.340 e. The second kappa shape index (κ2) is 8.02. The van der Waals surface area contributed by atoms with Gasteiger partial charge in [0.2, 0.25) is 11.1 Å². The molecule has 24 heavy (non-hydrogen) atoms. The second-order valence-electron chi connectivity index (χ2n) is 6.16. The van der Waals surface area contributed by atoms with Crippen LogP contribution >= 0.6 is 23.1 Å². The zero-order chi connectivity index (χ0) is 16.9. The minimum Gasteiger partial charge on any atom is -0.340 e. The van der Waals surface area contributed by atoms with Crippen LogP contribution in [-0.2, 0) is 11.3 Å². The molecule has 130 valence electrons. The van der Waals surface area contributed by atoms with E-state index in [1.807, 2.05) is 24.6 Å². The number of rotatable bonds is 6. The van der Waals surface area contributed by atoms with E-state index in [0.717, 1.165) is 18.7 Å². The van der Waals surface area contributed by atoms with Crippen molar-refractivity contribution >= 4 is 29.0 Å². The van der Waals surface area contributed by atoms with E-state index in [1.165, 1.54) is 35.9 Å². The summed E-state index contributed by atoms with van der Waals surface area (Å²) in [6, 6.07) is 4.03. The SMILES string of the molecule is CN(Cc1cccs1)C(=O)CSc1nnc(C2CCCCC2)n1N. The zero-order valence-electron chi connectivity index (χ0n) is 13.9. The Morgan fingerprint density at radius 3 is 2.92 bits per heavy atom. The summed E-state index contributed by atoms with van der Waals surface area (Å²) >= 11 is 3.02. The summed E-state index contributed by atoms with van der Waals surface area (Å²) in [5.74, 6) is 7.80. The van der Waals surface area contributed by atoms with Gasteiger partial charge in [-0.2, -0.15) is 0 Å². The lowest BCUT2D eigenvalue weighted by molar-refractivity contribution is -0.127. The molecule has 0 unspecified atom stereocenters. The van der Waals surface area contributed by atoms with E-state index in [-0.39, 0.29) is 5.91 Å². The maximum Gasteiger partial charge on any atom is 0.233 e. The molecule has 0 aromatic carbocycles. The van der Waals surface area contributed by atoms with Crippen molar-refractivity contribution in [2.75, 3.05) is 18.6 Å². The Balaban J connectivity index is 1.54. The first-order valence-electron chi connectivity index (χ1n) is 8.24. The Hall–Kier alpha value is -1.54. The molecule has 0 bridgehead atoms. The molecule has 2 aromatic heterocycles. The predicted molar refractivity (Wildman–Crippen MR) is 97.5 cm³/mol. The second-order valence-corrected chi connectivity index (χ2v) is 8.14. The standard InChI is InChI=1S/C16H23N5OS2/c1-20(10-13-8-5-9-23-13)14(22)11-24-16-19-18-15(21(16)17)12-6-3-2-4-7-12/h5,8-9,12H,2-4,6-7,10-11,17H2,1H3. The third kappa shape index (κ3) is 4.10. The molecule has 0 aliphatic heterocycles. The van der Waals surface area contributed by atoms with Gasteiger partial charge in [0.05, 0.1) is 12.3 Å². The van der Waals surface area contributed by atoms with Gasteiger partial charge in [0.15, 0.2) is 5.82 Å². The summed E-state index contributed by atoms with van der Waals surface area (Å²) in [7, 11) is 1.82. The van der Waals surface area contributed by atoms with Crippen LogP contribution in [0.3, 0.4) is 0 Å². The van der Waals surface area contributed by atoms with Gasteiger partial charge in [0, 0.05) is 17.8 Å². The van der Waals surface area contributed by atoms with Crippen molar-refractivity contribution < 1.29 is 4.79 Å². The van der Waals surface area contributed by atoms with Crippen LogP contribution in [0, 0.1) is 0 Å². The number of hydrogen-bond acceptors (Lipinski definition) is 6. The minimum absolute atomic E-state index is 0.0654. The topological polar surface area (TPSA) is 77.0 Å². The highest BCUT2D eigenvalue weighted by Crippen LogP contribution is 2.32. The van der Waals surface area contributed by atoms with Gasteiger partial charge in [-0.05, 0) is 24.3 Å². The molecule has 1 aliphatic rings. The quantitative estimate of drug-likeness (QED) is 0.629. The van der Waals surface area contributed by atoms with Gasteiger partial charge in [0.25, 0.3) is 0 Å². The highest BCUT2D eigenvalue weighted by molar-refractivity contribution is 7.99. The maximum absolute atomic E-state index is 12.3. The summed E-state index contributed by atoms with van der Waals surface area (Å²) in [4.78, 5) is 15.2. The number of nitrogen functional groups attached to an aromatic ring is 1. The van der Waals surface area contributed by atoms with Crippen LogP contribution in [0.1, 0.15) is 48.7 Å². The van der Waals surface area contributed by atoms with E-state index in [9.17, 15) is 4.79 Å². The molecule has 1 saturated carbocycles. The fraction of sp³-hybridized carbons (Fsp3) is 0.562. The third-order valence-electron chi connectivity index (χ3n) is 4.38. The zero-order valence-corrected chi connectivity index (χ0v) is 15.5. The van der Waals surface area contributed by atoms with Crippen LogP contribution in [0.5, 0.6) is 0 Å². The number of thioether (sulfide) groups is 1. The maximum atomic E-state index is 12.3. The fourth-order valence-electron chi connectivity index (χ4n) is 2.99. The molecule has 8 heteroatoms. The average molecular weight is 366 g/mol. The monoisotopic (exact) mass is 365 g/mol. The van der Waals surface area contributed by atoms with E-state index in [0.29, 0.717) is 23.4 Å². The van der Waals surface area contributed by atoms with Gasteiger partial charge in [-0.3, -0.25) is 4.79 Å². The molecule has 0 atom stereocenters. The molecule has 1 aliphatic carbocycles. The summed E-state index contributed by atoms with van der Waals surface area (Å²) < 4.78 is 1.58. The van der Waals surface area contributed by atoms with Crippen molar-refractivity contribution in [3.63, 3.8) is 0 Å². The van der Waals surface area contributed by atoms with Crippen molar-refractivity contribution in [2.45, 2.75) is 49.7 Å². The predicted octanol–water partition coefficient (Wildman–Crippen LogP) is 2.85. The number of thiophene rings is 1. The Labute approximate surface area is 150 Å². The molecule has 0 saturated heterocycles. The number of nitrogens with zero attached hydrogens (tertiary/aromatic N) is 4. The van der Waals surface area contributed by atoms with Gasteiger partial charge in [0.1, 0.15) is 0 Å². The van der Waals surface area contributed by atoms with E-state index in [2.05, 4.69) is 10.2 Å². The lowest BCUT2D eigenvalue weighted by Gasteiger charge is -2.20. The first kappa shape index (κ1) is 17.3. The molecular formula is C16H23N5OS2. The molecule has 2 heterocycles. The van der Waals surface area contributed by atoms with Crippen LogP contribution in [0.2, 0.25) is 0 Å². The average Bonchev–Trinajstić information content (AvgIpc) is 3.23. The number of nitrogens with two attached hydrogens (primary N) is 1. The summed E-state index contributed by atoms with van der Waals surface area (Å²) in [6.07, 6.45) is 6.00. The van der Waals surface area contributed by atoms with E-state index >= 15 is 0 Å². The first-order chi connectivity index (χ1) is 11.6. The van der Waals surface area contributed by atoms with Gasteiger partial charge in [-0.15, -0.1) is 21.5 Å². The number of amides is 1. The molecule has 1 fully saturated rings. The smallest absolute Gasteiger partial charge is 0.233 e. The fourth-order valence-corrected chi connectivity index (χ4v) is 4.55. The lowest BCUT2D eigenvalue weighted by Crippen LogP contribution is -2.27. The van der Waals surface area contributed by atoms with Crippen molar-refractivity contribution in [3.05, 3.63) is 28.2 Å². The molecule has 3 rings (SSSR count). The summed E-state index contributed by atoms with van der Waals surface area (Å²) in [5.41, 5.74) is 0. The van der Waals surface area contributed by atoms with E-state index in [1.54, 1.807) is 20.9 Å². The number of carbonyl (C=O) groups is 1. The Morgan fingerprint density at radius 2 is 2.21 bits per heavy atom.